The molecule has 1 saturated heterocycles. The lowest BCUT2D eigenvalue weighted by atomic mass is 9.98. The molecule has 4 N–H and O–H groups in total. The van der Waals surface area contributed by atoms with Crippen LogP contribution in [0, 0.1) is 0 Å². The van der Waals surface area contributed by atoms with Crippen molar-refractivity contribution < 1.29 is 4.79 Å². The first-order valence-corrected chi connectivity index (χ1v) is 9.50. The monoisotopic (exact) mass is 373 g/mol. The predicted molar refractivity (Wildman–Crippen MR) is 112 cm³/mol. The summed E-state index contributed by atoms with van der Waals surface area (Å²) in [5.74, 6) is 0.0853. The molecule has 2 aromatic carbocycles. The number of rotatable bonds is 4. The van der Waals surface area contributed by atoms with Crippen molar-refractivity contribution in [2.24, 2.45) is 0 Å². The van der Waals surface area contributed by atoms with Gasteiger partial charge in [-0.05, 0) is 61.7 Å². The normalized spacial score (nSPS) is 14.1. The zero-order valence-electron chi connectivity index (χ0n) is 15.6. The lowest BCUT2D eigenvalue weighted by Gasteiger charge is -2.28. The maximum Gasteiger partial charge on any atom is 0.220 e. The van der Waals surface area contributed by atoms with Crippen LogP contribution >= 0.6 is 0 Å². The Labute approximate surface area is 164 Å². The summed E-state index contributed by atoms with van der Waals surface area (Å²) in [6.07, 6.45) is 5.32. The summed E-state index contributed by atoms with van der Waals surface area (Å²) in [6.45, 7) is 2.15. The summed E-state index contributed by atoms with van der Waals surface area (Å²) in [5, 5.41) is 0. The van der Waals surface area contributed by atoms with Crippen molar-refractivity contribution >= 4 is 23.1 Å². The zero-order valence-corrected chi connectivity index (χ0v) is 15.6. The molecule has 28 heavy (non-hydrogen) atoms. The zero-order chi connectivity index (χ0) is 19.5. The fourth-order valence-corrected chi connectivity index (χ4v) is 3.58. The number of anilines is 3. The molecule has 0 radical (unpaired) electrons. The van der Waals surface area contributed by atoms with Gasteiger partial charge in [-0.25, -0.2) is 9.97 Å². The standard InChI is InChI=1S/C22H23N5O/c23-19-9-6-16(20-10-11-25-22(24)26-20)14-18(19)21(28)15-4-7-17(8-5-15)27-12-2-1-3-13-27/h4-11,14H,1-3,12-13,23H2,(H2,24,25,26). The molecule has 0 saturated carbocycles. The van der Waals surface area contributed by atoms with E-state index in [1.54, 1.807) is 24.4 Å². The van der Waals surface area contributed by atoms with E-state index in [9.17, 15) is 4.79 Å². The van der Waals surface area contributed by atoms with E-state index in [0.29, 0.717) is 22.5 Å². The molecule has 4 rings (SSSR count). The van der Waals surface area contributed by atoms with Gasteiger partial charge >= 0.3 is 0 Å². The first kappa shape index (κ1) is 18.0. The molecule has 1 aliphatic heterocycles. The fourth-order valence-electron chi connectivity index (χ4n) is 3.58. The van der Waals surface area contributed by atoms with Gasteiger partial charge in [0.1, 0.15) is 0 Å². The number of carbonyl (C=O) groups excluding carboxylic acids is 1. The van der Waals surface area contributed by atoms with E-state index in [-0.39, 0.29) is 11.7 Å². The van der Waals surface area contributed by atoms with E-state index in [1.807, 2.05) is 30.3 Å². The van der Waals surface area contributed by atoms with Crippen LogP contribution in [0.5, 0.6) is 0 Å². The average molecular weight is 373 g/mol. The molecule has 0 amide bonds. The maximum atomic E-state index is 13.1. The van der Waals surface area contributed by atoms with Crippen molar-refractivity contribution in [1.82, 2.24) is 9.97 Å². The van der Waals surface area contributed by atoms with Crippen molar-refractivity contribution in [2.45, 2.75) is 19.3 Å². The summed E-state index contributed by atoms with van der Waals surface area (Å²) in [5.41, 5.74) is 15.9. The molecule has 6 nitrogen and oxygen atoms in total. The lowest BCUT2D eigenvalue weighted by molar-refractivity contribution is 0.103. The molecular weight excluding hydrogens is 350 g/mol. The van der Waals surface area contributed by atoms with Gasteiger partial charge in [0.05, 0.1) is 5.69 Å². The van der Waals surface area contributed by atoms with Crippen LogP contribution in [-0.2, 0) is 0 Å². The largest absolute Gasteiger partial charge is 0.398 e. The third kappa shape index (κ3) is 3.67. The van der Waals surface area contributed by atoms with Crippen molar-refractivity contribution in [1.29, 1.82) is 0 Å². The minimum absolute atomic E-state index is 0.105. The van der Waals surface area contributed by atoms with Gasteiger partial charge in [0, 0.05) is 47.4 Å². The Hall–Kier alpha value is -3.41. The molecule has 6 heteroatoms. The second-order valence-electron chi connectivity index (χ2n) is 7.03. The van der Waals surface area contributed by atoms with E-state index in [0.717, 1.165) is 24.3 Å². The molecule has 1 aromatic heterocycles. The Morgan fingerprint density at radius 1 is 0.929 bits per heavy atom. The van der Waals surface area contributed by atoms with E-state index < -0.39 is 0 Å². The van der Waals surface area contributed by atoms with Crippen LogP contribution in [0.1, 0.15) is 35.2 Å². The molecule has 0 spiro atoms. The molecule has 2 heterocycles. The number of piperidine rings is 1. The third-order valence-electron chi connectivity index (χ3n) is 5.12. The van der Waals surface area contributed by atoms with Gasteiger partial charge in [0.2, 0.25) is 5.95 Å². The molecule has 0 aliphatic carbocycles. The Morgan fingerprint density at radius 2 is 1.68 bits per heavy atom. The second kappa shape index (κ2) is 7.68. The van der Waals surface area contributed by atoms with E-state index in [2.05, 4.69) is 14.9 Å². The number of nitrogens with two attached hydrogens (primary N) is 2. The van der Waals surface area contributed by atoms with Gasteiger partial charge in [-0.15, -0.1) is 0 Å². The minimum Gasteiger partial charge on any atom is -0.398 e. The summed E-state index contributed by atoms with van der Waals surface area (Å²) >= 11 is 0. The maximum absolute atomic E-state index is 13.1. The first-order chi connectivity index (χ1) is 13.6. The lowest BCUT2D eigenvalue weighted by Crippen LogP contribution is -2.29. The molecule has 1 aliphatic rings. The minimum atomic E-state index is -0.105. The molecule has 0 atom stereocenters. The Balaban J connectivity index is 1.61. The summed E-state index contributed by atoms with van der Waals surface area (Å²) in [4.78, 5) is 23.5. The molecule has 142 valence electrons. The summed E-state index contributed by atoms with van der Waals surface area (Å²) in [7, 11) is 0. The summed E-state index contributed by atoms with van der Waals surface area (Å²) < 4.78 is 0. The Kier molecular flexibility index (Phi) is 4.93. The molecule has 1 fully saturated rings. The van der Waals surface area contributed by atoms with E-state index >= 15 is 0 Å². The van der Waals surface area contributed by atoms with Crippen LogP contribution < -0.4 is 16.4 Å². The first-order valence-electron chi connectivity index (χ1n) is 9.50. The Morgan fingerprint density at radius 3 is 2.39 bits per heavy atom. The van der Waals surface area contributed by atoms with Crippen molar-refractivity contribution in [2.75, 3.05) is 29.5 Å². The van der Waals surface area contributed by atoms with Crippen LogP contribution in [-0.4, -0.2) is 28.8 Å². The molecular formula is C22H23N5O. The summed E-state index contributed by atoms with van der Waals surface area (Å²) in [6, 6.07) is 14.9. The van der Waals surface area contributed by atoms with Gasteiger partial charge in [-0.1, -0.05) is 6.07 Å². The van der Waals surface area contributed by atoms with Gasteiger partial charge in [-0.3, -0.25) is 4.79 Å². The smallest absolute Gasteiger partial charge is 0.220 e. The highest BCUT2D eigenvalue weighted by Crippen LogP contribution is 2.26. The number of nitrogen functional groups attached to an aromatic ring is 2. The average Bonchev–Trinajstić information content (AvgIpc) is 2.74. The van der Waals surface area contributed by atoms with Crippen molar-refractivity contribution in [3.05, 3.63) is 65.9 Å². The number of aromatic nitrogens is 2. The van der Waals surface area contributed by atoms with Crippen molar-refractivity contribution in [3.8, 4) is 11.3 Å². The van der Waals surface area contributed by atoms with Crippen LogP contribution in [0.15, 0.2) is 54.7 Å². The highest BCUT2D eigenvalue weighted by Gasteiger charge is 2.16. The highest BCUT2D eigenvalue weighted by molar-refractivity contribution is 6.12. The quantitative estimate of drug-likeness (QED) is 0.536. The van der Waals surface area contributed by atoms with E-state index in [1.165, 1.54) is 19.3 Å². The number of nitrogens with zero attached hydrogens (tertiary/aromatic N) is 3. The second-order valence-corrected chi connectivity index (χ2v) is 7.03. The topological polar surface area (TPSA) is 98.1 Å². The molecule has 0 unspecified atom stereocenters. The number of hydrogen-bond acceptors (Lipinski definition) is 6. The van der Waals surface area contributed by atoms with Gasteiger partial charge < -0.3 is 16.4 Å². The van der Waals surface area contributed by atoms with Gasteiger partial charge in [0.25, 0.3) is 0 Å². The molecule has 3 aromatic rings. The van der Waals surface area contributed by atoms with Crippen LogP contribution in [0.3, 0.4) is 0 Å². The van der Waals surface area contributed by atoms with E-state index in [4.69, 9.17) is 11.5 Å². The van der Waals surface area contributed by atoms with Crippen LogP contribution in [0.2, 0.25) is 0 Å². The van der Waals surface area contributed by atoms with Crippen LogP contribution in [0.4, 0.5) is 17.3 Å². The number of carbonyl (C=O) groups is 1. The highest BCUT2D eigenvalue weighted by atomic mass is 16.1. The number of hydrogen-bond donors (Lipinski definition) is 2. The fraction of sp³-hybridized carbons (Fsp3) is 0.227. The Bertz CT molecular complexity index is 994. The number of benzene rings is 2. The van der Waals surface area contributed by atoms with Crippen molar-refractivity contribution in [3.63, 3.8) is 0 Å². The predicted octanol–water partition coefficient (Wildman–Crippen LogP) is 3.53. The third-order valence-corrected chi connectivity index (χ3v) is 5.12. The van der Waals surface area contributed by atoms with Gasteiger partial charge in [0.15, 0.2) is 5.78 Å². The SMILES string of the molecule is Nc1nccc(-c2ccc(N)c(C(=O)c3ccc(N4CCCCC4)cc3)c2)n1. The number of ketones is 1. The molecule has 0 bridgehead atoms. The van der Waals surface area contributed by atoms with Crippen LogP contribution in [0.25, 0.3) is 11.3 Å². The van der Waals surface area contributed by atoms with Gasteiger partial charge in [-0.2, -0.15) is 0 Å².